The maximum absolute atomic E-state index is 10.9. The van der Waals surface area contributed by atoms with Gasteiger partial charge in [0.05, 0.1) is 6.61 Å². The average molecular weight is 505 g/mol. The maximum Gasteiger partial charge on any atom is 0.317 e. The van der Waals surface area contributed by atoms with Gasteiger partial charge in [-0.15, -0.1) is 0 Å². The summed E-state index contributed by atoms with van der Waals surface area (Å²) in [7, 11) is 0. The van der Waals surface area contributed by atoms with Crippen molar-refractivity contribution in [2.24, 2.45) is 5.92 Å². The van der Waals surface area contributed by atoms with Gasteiger partial charge in [0, 0.05) is 30.4 Å². The number of carboxylic acids is 2. The van der Waals surface area contributed by atoms with Crippen LogP contribution in [0.1, 0.15) is 39.5 Å². The van der Waals surface area contributed by atoms with Gasteiger partial charge in [-0.3, -0.25) is 9.59 Å². The van der Waals surface area contributed by atoms with Crippen molar-refractivity contribution in [3.8, 4) is 17.2 Å². The summed E-state index contributed by atoms with van der Waals surface area (Å²) in [5.74, 6) is -2.58. The molecule has 4 rings (SSSR count). The lowest BCUT2D eigenvalue weighted by Gasteiger charge is -2.20. The Hall–Kier alpha value is -4.07. The van der Waals surface area contributed by atoms with Crippen LogP contribution in [0.4, 0.5) is 5.69 Å². The predicted octanol–water partition coefficient (Wildman–Crippen LogP) is 6.22. The second kappa shape index (κ2) is 11.8. The smallest absolute Gasteiger partial charge is 0.317 e. The highest BCUT2D eigenvalue weighted by molar-refractivity contribution is 5.92. The topological polar surface area (TPSA) is 113 Å². The Bertz CT molecular complexity index is 1380. The van der Waals surface area contributed by atoms with E-state index >= 15 is 0 Å². The Balaban J connectivity index is 1.37. The number of rotatable bonds is 13. The number of carbonyl (C=O) groups is 2. The fourth-order valence-electron chi connectivity index (χ4n) is 4.44. The van der Waals surface area contributed by atoms with E-state index in [1.807, 2.05) is 42.5 Å². The summed E-state index contributed by atoms with van der Waals surface area (Å²) in [6.07, 6.45) is 2.07. The molecular weight excluding hydrogens is 472 g/mol. The van der Waals surface area contributed by atoms with Gasteiger partial charge in [-0.2, -0.15) is 0 Å². The zero-order valence-electron chi connectivity index (χ0n) is 21.1. The number of aliphatic carboxylic acids is 2. The Kier molecular flexibility index (Phi) is 8.28. The minimum Gasteiger partial charge on any atom is -0.494 e. The van der Waals surface area contributed by atoms with Crippen LogP contribution < -0.4 is 9.64 Å². The molecule has 0 amide bonds. The van der Waals surface area contributed by atoms with Crippen LogP contribution in [-0.2, 0) is 9.59 Å². The summed E-state index contributed by atoms with van der Waals surface area (Å²) in [5.41, 5.74) is 3.62. The SMILES string of the molecule is CCN(CC)c1ccc2nc(-c3ccc4cc(OCCCCCC(C(=O)O)C(=O)O)ccc4c3)oc2c1. The van der Waals surface area contributed by atoms with Crippen LogP contribution in [0.15, 0.2) is 59.0 Å². The summed E-state index contributed by atoms with van der Waals surface area (Å²) in [4.78, 5) is 28.8. The molecule has 3 aromatic carbocycles. The number of carboxylic acid groups (broad SMARTS) is 2. The lowest BCUT2D eigenvalue weighted by atomic mass is 10.0. The Morgan fingerprint density at radius 1 is 0.919 bits per heavy atom. The van der Waals surface area contributed by atoms with E-state index in [2.05, 4.69) is 35.9 Å². The van der Waals surface area contributed by atoms with E-state index in [4.69, 9.17) is 19.4 Å². The number of hydrogen-bond donors (Lipinski definition) is 2. The Morgan fingerprint density at radius 3 is 2.38 bits per heavy atom. The van der Waals surface area contributed by atoms with Gasteiger partial charge in [-0.1, -0.05) is 25.0 Å². The Labute approximate surface area is 215 Å². The molecule has 8 heteroatoms. The van der Waals surface area contributed by atoms with Gasteiger partial charge in [0.15, 0.2) is 11.5 Å². The standard InChI is InChI=1S/C29H32N2O6/c1-3-31(4-2)22-12-14-25-26(18-22)37-27(30-25)21-10-9-20-17-23(13-11-19(20)16-21)36-15-7-5-6-8-24(28(32)33)29(34)35/h9-14,16-18,24H,3-8,15H2,1-2H3,(H,32,33)(H,34,35). The number of fused-ring (bicyclic) bond motifs is 2. The number of anilines is 1. The van der Waals surface area contributed by atoms with Crippen molar-refractivity contribution in [1.29, 1.82) is 0 Å². The summed E-state index contributed by atoms with van der Waals surface area (Å²) in [6, 6.07) is 18.1. The molecule has 0 fully saturated rings. The molecule has 0 spiro atoms. The molecule has 0 aliphatic rings. The van der Waals surface area contributed by atoms with E-state index in [0.29, 0.717) is 25.3 Å². The van der Waals surface area contributed by atoms with Crippen molar-refractivity contribution in [2.45, 2.75) is 39.5 Å². The van der Waals surface area contributed by atoms with Crippen molar-refractivity contribution in [1.82, 2.24) is 4.98 Å². The van der Waals surface area contributed by atoms with Gasteiger partial charge in [0.1, 0.15) is 11.3 Å². The molecule has 8 nitrogen and oxygen atoms in total. The molecular formula is C29H32N2O6. The first-order chi connectivity index (χ1) is 17.9. The summed E-state index contributed by atoms with van der Waals surface area (Å²) in [6.45, 7) is 6.60. The summed E-state index contributed by atoms with van der Waals surface area (Å²) in [5, 5.41) is 19.9. The first-order valence-electron chi connectivity index (χ1n) is 12.7. The van der Waals surface area contributed by atoms with Gasteiger partial charge in [-0.25, -0.2) is 4.98 Å². The zero-order chi connectivity index (χ0) is 26.4. The van der Waals surface area contributed by atoms with E-state index in [1.165, 1.54) is 0 Å². The summed E-state index contributed by atoms with van der Waals surface area (Å²) < 4.78 is 12.0. The molecule has 0 saturated carbocycles. The highest BCUT2D eigenvalue weighted by Crippen LogP contribution is 2.30. The zero-order valence-corrected chi connectivity index (χ0v) is 21.1. The molecule has 0 aliphatic carbocycles. The Morgan fingerprint density at radius 2 is 1.65 bits per heavy atom. The van der Waals surface area contributed by atoms with Gasteiger partial charge < -0.3 is 24.3 Å². The second-order valence-electron chi connectivity index (χ2n) is 8.99. The predicted molar refractivity (Wildman–Crippen MR) is 143 cm³/mol. The number of ether oxygens (including phenoxy) is 1. The van der Waals surface area contributed by atoms with Gasteiger partial charge >= 0.3 is 11.9 Å². The van der Waals surface area contributed by atoms with Crippen LogP contribution in [0, 0.1) is 5.92 Å². The number of oxazole rings is 1. The molecule has 0 aliphatic heterocycles. The van der Waals surface area contributed by atoms with E-state index in [1.54, 1.807) is 0 Å². The number of nitrogens with zero attached hydrogens (tertiary/aromatic N) is 2. The second-order valence-corrected chi connectivity index (χ2v) is 8.99. The summed E-state index contributed by atoms with van der Waals surface area (Å²) >= 11 is 0. The fraction of sp³-hybridized carbons (Fsp3) is 0.345. The van der Waals surface area contributed by atoms with Crippen molar-refractivity contribution >= 4 is 39.5 Å². The number of hydrogen-bond acceptors (Lipinski definition) is 6. The minimum atomic E-state index is -1.34. The van der Waals surface area contributed by atoms with E-state index < -0.39 is 17.9 Å². The van der Waals surface area contributed by atoms with Crippen molar-refractivity contribution in [3.63, 3.8) is 0 Å². The number of unbranched alkanes of at least 4 members (excludes halogenated alkanes) is 2. The van der Waals surface area contributed by atoms with Crippen LogP contribution in [0.3, 0.4) is 0 Å². The van der Waals surface area contributed by atoms with Crippen molar-refractivity contribution in [2.75, 3.05) is 24.6 Å². The highest BCUT2D eigenvalue weighted by atomic mass is 16.5. The quantitative estimate of drug-likeness (QED) is 0.163. The molecule has 1 heterocycles. The van der Waals surface area contributed by atoms with Crippen molar-refractivity contribution in [3.05, 3.63) is 54.6 Å². The molecule has 194 valence electrons. The third-order valence-corrected chi connectivity index (χ3v) is 6.56. The first-order valence-corrected chi connectivity index (χ1v) is 12.7. The minimum absolute atomic E-state index is 0.125. The monoisotopic (exact) mass is 504 g/mol. The normalized spacial score (nSPS) is 11.3. The van der Waals surface area contributed by atoms with E-state index in [-0.39, 0.29) is 6.42 Å². The molecule has 0 radical (unpaired) electrons. The molecule has 0 bridgehead atoms. The molecule has 4 aromatic rings. The molecule has 0 saturated heterocycles. The maximum atomic E-state index is 10.9. The third-order valence-electron chi connectivity index (χ3n) is 6.56. The molecule has 37 heavy (non-hydrogen) atoms. The van der Waals surface area contributed by atoms with Crippen LogP contribution in [0.25, 0.3) is 33.3 Å². The van der Waals surface area contributed by atoms with E-state index in [0.717, 1.165) is 58.4 Å². The fourth-order valence-corrected chi connectivity index (χ4v) is 4.44. The molecule has 0 unspecified atom stereocenters. The molecule has 0 atom stereocenters. The van der Waals surface area contributed by atoms with E-state index in [9.17, 15) is 9.59 Å². The van der Waals surface area contributed by atoms with Crippen molar-refractivity contribution < 1.29 is 29.0 Å². The van der Waals surface area contributed by atoms with Gasteiger partial charge in [-0.05, 0) is 73.9 Å². The van der Waals surface area contributed by atoms with Crippen LogP contribution in [-0.4, -0.2) is 46.8 Å². The van der Waals surface area contributed by atoms with Crippen LogP contribution >= 0.6 is 0 Å². The average Bonchev–Trinajstić information content (AvgIpc) is 3.32. The first kappa shape index (κ1) is 26.0. The lowest BCUT2D eigenvalue weighted by Crippen LogP contribution is -2.23. The highest BCUT2D eigenvalue weighted by Gasteiger charge is 2.24. The van der Waals surface area contributed by atoms with Gasteiger partial charge in [0.2, 0.25) is 5.89 Å². The third kappa shape index (κ3) is 6.20. The molecule has 1 aromatic heterocycles. The largest absolute Gasteiger partial charge is 0.494 e. The van der Waals surface area contributed by atoms with Crippen LogP contribution in [0.5, 0.6) is 5.75 Å². The lowest BCUT2D eigenvalue weighted by molar-refractivity contribution is -0.154. The van der Waals surface area contributed by atoms with Gasteiger partial charge in [0.25, 0.3) is 0 Å². The number of benzene rings is 3. The molecule has 2 N–H and O–H groups in total. The number of aromatic nitrogens is 1. The van der Waals surface area contributed by atoms with Crippen LogP contribution in [0.2, 0.25) is 0 Å².